The van der Waals surface area contributed by atoms with Gasteiger partial charge in [0.25, 0.3) is 0 Å². The summed E-state index contributed by atoms with van der Waals surface area (Å²) in [5.74, 6) is 1.55. The van der Waals surface area contributed by atoms with Crippen LogP contribution in [0.1, 0.15) is 5.69 Å². The van der Waals surface area contributed by atoms with E-state index < -0.39 is 0 Å². The normalized spacial score (nSPS) is 14.5. The van der Waals surface area contributed by atoms with Crippen LogP contribution in [0.2, 0.25) is 0 Å². The number of para-hydroxylation sites is 2. The van der Waals surface area contributed by atoms with Gasteiger partial charge in [-0.3, -0.25) is 0 Å². The van der Waals surface area contributed by atoms with Crippen molar-refractivity contribution in [2.45, 2.75) is 0 Å². The SMILES string of the molecule is COc1ccccc1N1CCN(c2nccnc2C#N)CC1. The van der Waals surface area contributed by atoms with Crippen LogP contribution in [0.15, 0.2) is 36.7 Å². The summed E-state index contributed by atoms with van der Waals surface area (Å²) in [7, 11) is 1.69. The number of hydrogen-bond acceptors (Lipinski definition) is 6. The Bertz CT molecular complexity index is 689. The molecular weight excluding hydrogens is 278 g/mol. The van der Waals surface area contributed by atoms with Crippen LogP contribution < -0.4 is 14.5 Å². The quantitative estimate of drug-likeness (QED) is 0.858. The number of piperazine rings is 1. The molecule has 0 spiro atoms. The number of nitriles is 1. The second kappa shape index (κ2) is 6.31. The Morgan fingerprint density at radius 1 is 1.05 bits per heavy atom. The van der Waals surface area contributed by atoms with Crippen molar-refractivity contribution in [2.75, 3.05) is 43.1 Å². The predicted octanol–water partition coefficient (Wildman–Crippen LogP) is 1.68. The molecule has 1 fully saturated rings. The summed E-state index contributed by atoms with van der Waals surface area (Å²) in [5, 5.41) is 9.14. The third kappa shape index (κ3) is 2.66. The van der Waals surface area contributed by atoms with Crippen molar-refractivity contribution in [3.05, 3.63) is 42.4 Å². The highest BCUT2D eigenvalue weighted by atomic mass is 16.5. The van der Waals surface area contributed by atoms with Crippen LogP contribution in [0, 0.1) is 11.3 Å². The number of benzene rings is 1. The van der Waals surface area contributed by atoms with Crippen LogP contribution >= 0.6 is 0 Å². The van der Waals surface area contributed by atoms with Crippen LogP contribution in [0.5, 0.6) is 5.75 Å². The van der Waals surface area contributed by atoms with Crippen molar-refractivity contribution in [1.29, 1.82) is 5.26 Å². The van der Waals surface area contributed by atoms with E-state index in [1.807, 2.05) is 18.2 Å². The summed E-state index contributed by atoms with van der Waals surface area (Å²) in [6.45, 7) is 3.29. The van der Waals surface area contributed by atoms with Crippen molar-refractivity contribution in [3.63, 3.8) is 0 Å². The number of hydrogen-bond donors (Lipinski definition) is 0. The molecule has 0 saturated carbocycles. The van der Waals surface area contributed by atoms with Crippen molar-refractivity contribution < 1.29 is 4.74 Å². The van der Waals surface area contributed by atoms with Gasteiger partial charge in [-0.2, -0.15) is 5.26 Å². The van der Waals surface area contributed by atoms with E-state index in [1.54, 1.807) is 19.5 Å². The standard InChI is InChI=1S/C16H17N5O/c1-22-15-5-3-2-4-14(15)20-8-10-21(11-9-20)16-13(12-17)18-6-7-19-16/h2-7H,8-11H2,1H3. The van der Waals surface area contributed by atoms with E-state index in [2.05, 4.69) is 31.9 Å². The molecule has 6 nitrogen and oxygen atoms in total. The summed E-state index contributed by atoms with van der Waals surface area (Å²) >= 11 is 0. The van der Waals surface area contributed by atoms with Gasteiger partial charge in [0.05, 0.1) is 12.8 Å². The lowest BCUT2D eigenvalue weighted by Gasteiger charge is -2.37. The van der Waals surface area contributed by atoms with Gasteiger partial charge in [-0.25, -0.2) is 9.97 Å². The Labute approximate surface area is 129 Å². The Balaban J connectivity index is 1.74. The third-order valence-corrected chi connectivity index (χ3v) is 3.79. The number of aromatic nitrogens is 2. The maximum absolute atomic E-state index is 9.14. The van der Waals surface area contributed by atoms with Gasteiger partial charge in [-0.05, 0) is 12.1 Å². The van der Waals surface area contributed by atoms with Gasteiger partial charge in [0.15, 0.2) is 11.5 Å². The largest absolute Gasteiger partial charge is 0.495 e. The molecule has 0 amide bonds. The molecule has 112 valence electrons. The predicted molar refractivity (Wildman–Crippen MR) is 84.2 cm³/mol. The van der Waals surface area contributed by atoms with E-state index in [-0.39, 0.29) is 0 Å². The monoisotopic (exact) mass is 295 g/mol. The summed E-state index contributed by atoms with van der Waals surface area (Å²) in [6, 6.07) is 10.1. The van der Waals surface area contributed by atoms with E-state index >= 15 is 0 Å². The molecular formula is C16H17N5O. The smallest absolute Gasteiger partial charge is 0.183 e. The molecule has 22 heavy (non-hydrogen) atoms. The lowest BCUT2D eigenvalue weighted by atomic mass is 10.2. The molecule has 1 saturated heterocycles. The minimum Gasteiger partial charge on any atom is -0.495 e. The Morgan fingerprint density at radius 2 is 1.73 bits per heavy atom. The highest BCUT2D eigenvalue weighted by molar-refractivity contribution is 5.60. The minimum atomic E-state index is 0.383. The summed E-state index contributed by atoms with van der Waals surface area (Å²) in [6.07, 6.45) is 3.18. The van der Waals surface area contributed by atoms with E-state index in [9.17, 15) is 0 Å². The molecule has 0 unspecified atom stereocenters. The molecule has 1 aromatic carbocycles. The first-order valence-corrected chi connectivity index (χ1v) is 7.17. The Morgan fingerprint density at radius 3 is 2.45 bits per heavy atom. The highest BCUT2D eigenvalue weighted by Crippen LogP contribution is 2.29. The van der Waals surface area contributed by atoms with Gasteiger partial charge in [0, 0.05) is 38.6 Å². The molecule has 0 N–H and O–H groups in total. The van der Waals surface area contributed by atoms with Gasteiger partial charge in [0.1, 0.15) is 11.8 Å². The third-order valence-electron chi connectivity index (χ3n) is 3.79. The van der Waals surface area contributed by atoms with E-state index in [0.29, 0.717) is 11.5 Å². The Kier molecular flexibility index (Phi) is 4.05. The number of rotatable bonds is 3. The number of anilines is 2. The molecule has 1 aliphatic rings. The minimum absolute atomic E-state index is 0.383. The first-order chi connectivity index (χ1) is 10.8. The van der Waals surface area contributed by atoms with Crippen LogP contribution in [0.3, 0.4) is 0 Å². The number of nitrogens with zero attached hydrogens (tertiary/aromatic N) is 5. The van der Waals surface area contributed by atoms with Gasteiger partial charge in [-0.1, -0.05) is 12.1 Å². The maximum Gasteiger partial charge on any atom is 0.183 e. The fraction of sp³-hybridized carbons (Fsp3) is 0.312. The fourth-order valence-corrected chi connectivity index (χ4v) is 2.69. The molecule has 3 rings (SSSR count). The molecule has 1 aromatic heterocycles. The van der Waals surface area contributed by atoms with Crippen LogP contribution in [0.4, 0.5) is 11.5 Å². The maximum atomic E-state index is 9.14. The molecule has 0 radical (unpaired) electrons. The second-order valence-electron chi connectivity index (χ2n) is 4.99. The van der Waals surface area contributed by atoms with Crippen molar-refractivity contribution in [1.82, 2.24) is 9.97 Å². The Hall–Kier alpha value is -2.81. The molecule has 1 aliphatic heterocycles. The average molecular weight is 295 g/mol. The van der Waals surface area contributed by atoms with Crippen molar-refractivity contribution in [3.8, 4) is 11.8 Å². The zero-order valence-electron chi connectivity index (χ0n) is 12.4. The second-order valence-corrected chi connectivity index (χ2v) is 4.99. The number of methoxy groups -OCH3 is 1. The molecule has 6 heteroatoms. The zero-order valence-corrected chi connectivity index (χ0v) is 12.4. The average Bonchev–Trinajstić information content (AvgIpc) is 2.62. The van der Waals surface area contributed by atoms with Crippen LogP contribution in [-0.2, 0) is 0 Å². The fourth-order valence-electron chi connectivity index (χ4n) is 2.69. The molecule has 0 aliphatic carbocycles. The van der Waals surface area contributed by atoms with Crippen LogP contribution in [-0.4, -0.2) is 43.3 Å². The first kappa shape index (κ1) is 14.1. The molecule has 2 aromatic rings. The van der Waals surface area contributed by atoms with Crippen molar-refractivity contribution >= 4 is 11.5 Å². The molecule has 2 heterocycles. The number of ether oxygens (including phenoxy) is 1. The summed E-state index contributed by atoms with van der Waals surface area (Å²) in [4.78, 5) is 12.8. The van der Waals surface area contributed by atoms with Gasteiger partial charge in [0.2, 0.25) is 0 Å². The lowest BCUT2D eigenvalue weighted by Crippen LogP contribution is -2.47. The molecule has 0 bridgehead atoms. The molecule has 0 atom stereocenters. The van der Waals surface area contributed by atoms with Gasteiger partial charge in [-0.15, -0.1) is 0 Å². The van der Waals surface area contributed by atoms with Crippen molar-refractivity contribution in [2.24, 2.45) is 0 Å². The first-order valence-electron chi connectivity index (χ1n) is 7.17. The lowest BCUT2D eigenvalue weighted by molar-refractivity contribution is 0.413. The van der Waals surface area contributed by atoms with Gasteiger partial charge < -0.3 is 14.5 Å². The topological polar surface area (TPSA) is 65.3 Å². The van der Waals surface area contributed by atoms with E-state index in [0.717, 1.165) is 37.6 Å². The zero-order chi connectivity index (χ0) is 15.4. The summed E-state index contributed by atoms with van der Waals surface area (Å²) in [5.41, 5.74) is 1.48. The summed E-state index contributed by atoms with van der Waals surface area (Å²) < 4.78 is 5.43. The van der Waals surface area contributed by atoms with Gasteiger partial charge >= 0.3 is 0 Å². The van der Waals surface area contributed by atoms with E-state index in [1.165, 1.54) is 0 Å². The van der Waals surface area contributed by atoms with Crippen LogP contribution in [0.25, 0.3) is 0 Å². The highest BCUT2D eigenvalue weighted by Gasteiger charge is 2.22. The van der Waals surface area contributed by atoms with E-state index in [4.69, 9.17) is 10.00 Å².